The van der Waals surface area contributed by atoms with Crippen molar-refractivity contribution in [3.05, 3.63) is 83.3 Å². The fraction of sp³-hybridized carbons (Fsp3) is 0.286. The first kappa shape index (κ1) is 23.3. The predicted molar refractivity (Wildman–Crippen MR) is 135 cm³/mol. The Morgan fingerprint density at radius 2 is 2.00 bits per heavy atom. The van der Waals surface area contributed by atoms with Crippen LogP contribution in [0.25, 0.3) is 10.9 Å². The minimum Gasteiger partial charge on any atom is -0.493 e. The standard InChI is InChI=1S/C28H27FN4O4/c29-23-7-5-17(11-22(23)28(34)31-14-25-21-3-1-2-4-24(21)32-33-25)20-9-10-30-13-18(20)15-35-19-6-8-26-27(12-19)37-16-36-26/h1-8,11-12,18,20,30H,9-10,13-16H2,(H,31,34)(H,32,33). The zero-order valence-corrected chi connectivity index (χ0v) is 20.1. The Morgan fingerprint density at radius 1 is 1.11 bits per heavy atom. The molecule has 4 aromatic rings. The van der Waals surface area contributed by atoms with Crippen LogP contribution in [-0.2, 0) is 6.54 Å². The molecule has 0 saturated carbocycles. The Hall–Kier alpha value is -4.11. The minimum atomic E-state index is -0.544. The molecular weight excluding hydrogens is 475 g/mol. The van der Waals surface area contributed by atoms with E-state index in [2.05, 4.69) is 20.8 Å². The molecule has 1 saturated heterocycles. The first-order valence-corrected chi connectivity index (χ1v) is 12.4. The van der Waals surface area contributed by atoms with Gasteiger partial charge in [0.05, 0.1) is 29.9 Å². The van der Waals surface area contributed by atoms with E-state index in [0.29, 0.717) is 23.9 Å². The Kier molecular flexibility index (Phi) is 6.36. The monoisotopic (exact) mass is 502 g/mol. The second-order valence-corrected chi connectivity index (χ2v) is 9.33. The number of rotatable bonds is 7. The van der Waals surface area contributed by atoms with E-state index in [-0.39, 0.29) is 30.7 Å². The number of carbonyl (C=O) groups is 1. The van der Waals surface area contributed by atoms with Crippen LogP contribution >= 0.6 is 0 Å². The number of carbonyl (C=O) groups excluding carboxylic acids is 1. The van der Waals surface area contributed by atoms with Gasteiger partial charge >= 0.3 is 0 Å². The quantitative estimate of drug-likeness (QED) is 0.352. The number of amides is 1. The zero-order chi connectivity index (χ0) is 25.2. The fourth-order valence-electron chi connectivity index (χ4n) is 5.07. The number of hydrogen-bond donors (Lipinski definition) is 3. The molecule has 1 fully saturated rings. The van der Waals surface area contributed by atoms with Gasteiger partial charge in [-0.2, -0.15) is 5.10 Å². The van der Waals surface area contributed by atoms with Crippen molar-refractivity contribution in [3.63, 3.8) is 0 Å². The van der Waals surface area contributed by atoms with Crippen molar-refractivity contribution >= 4 is 16.8 Å². The number of piperidine rings is 1. The van der Waals surface area contributed by atoms with Gasteiger partial charge in [0.25, 0.3) is 5.91 Å². The van der Waals surface area contributed by atoms with Crippen molar-refractivity contribution in [2.45, 2.75) is 18.9 Å². The smallest absolute Gasteiger partial charge is 0.254 e. The van der Waals surface area contributed by atoms with Crippen LogP contribution < -0.4 is 24.8 Å². The van der Waals surface area contributed by atoms with E-state index in [9.17, 15) is 9.18 Å². The molecule has 0 spiro atoms. The number of para-hydroxylation sites is 1. The summed E-state index contributed by atoms with van der Waals surface area (Å²) < 4.78 is 31.6. The van der Waals surface area contributed by atoms with E-state index < -0.39 is 11.7 Å². The van der Waals surface area contributed by atoms with Crippen molar-refractivity contribution in [2.75, 3.05) is 26.5 Å². The molecule has 2 unspecified atom stereocenters. The maximum atomic E-state index is 14.7. The summed E-state index contributed by atoms with van der Waals surface area (Å²) in [5.74, 6) is 1.36. The fourth-order valence-corrected chi connectivity index (χ4v) is 5.07. The van der Waals surface area contributed by atoms with Crippen LogP contribution in [-0.4, -0.2) is 42.6 Å². The molecule has 3 heterocycles. The topological polar surface area (TPSA) is 97.5 Å². The predicted octanol–water partition coefficient (Wildman–Crippen LogP) is 4.13. The summed E-state index contributed by atoms with van der Waals surface area (Å²) in [6.07, 6.45) is 0.863. The molecule has 0 aliphatic carbocycles. The van der Waals surface area contributed by atoms with E-state index in [4.69, 9.17) is 14.2 Å². The number of halogens is 1. The van der Waals surface area contributed by atoms with Crippen molar-refractivity contribution in [3.8, 4) is 17.2 Å². The number of nitrogens with zero attached hydrogens (tertiary/aromatic N) is 1. The molecule has 1 aromatic heterocycles. The highest BCUT2D eigenvalue weighted by Crippen LogP contribution is 2.36. The van der Waals surface area contributed by atoms with Gasteiger partial charge in [-0.3, -0.25) is 9.89 Å². The molecule has 37 heavy (non-hydrogen) atoms. The van der Waals surface area contributed by atoms with Crippen LogP contribution in [0.3, 0.4) is 0 Å². The molecule has 9 heteroatoms. The van der Waals surface area contributed by atoms with Gasteiger partial charge in [0.15, 0.2) is 11.5 Å². The van der Waals surface area contributed by atoms with Crippen molar-refractivity contribution < 1.29 is 23.4 Å². The van der Waals surface area contributed by atoms with Gasteiger partial charge in [0.2, 0.25) is 6.79 Å². The minimum absolute atomic E-state index is 0.0373. The largest absolute Gasteiger partial charge is 0.493 e. The average molecular weight is 503 g/mol. The van der Waals surface area contributed by atoms with Crippen LogP contribution in [0.2, 0.25) is 0 Å². The third-order valence-electron chi connectivity index (χ3n) is 7.05. The molecular formula is C28H27FN4O4. The summed E-state index contributed by atoms with van der Waals surface area (Å²) in [5.41, 5.74) is 2.56. The van der Waals surface area contributed by atoms with Crippen LogP contribution in [0.15, 0.2) is 60.7 Å². The lowest BCUT2D eigenvalue weighted by atomic mass is 9.81. The lowest BCUT2D eigenvalue weighted by Crippen LogP contribution is -2.38. The zero-order valence-electron chi connectivity index (χ0n) is 20.1. The summed E-state index contributed by atoms with van der Waals surface area (Å²) >= 11 is 0. The maximum absolute atomic E-state index is 14.7. The van der Waals surface area contributed by atoms with Gasteiger partial charge in [-0.25, -0.2) is 4.39 Å². The van der Waals surface area contributed by atoms with Crippen molar-refractivity contribution in [1.29, 1.82) is 0 Å². The lowest BCUT2D eigenvalue weighted by molar-refractivity contribution is 0.0946. The lowest BCUT2D eigenvalue weighted by Gasteiger charge is -2.32. The molecule has 6 rings (SSSR count). The Labute approximate surface area is 213 Å². The van der Waals surface area contributed by atoms with Crippen molar-refractivity contribution in [2.24, 2.45) is 5.92 Å². The highest BCUT2D eigenvalue weighted by atomic mass is 19.1. The number of benzene rings is 3. The second-order valence-electron chi connectivity index (χ2n) is 9.33. The average Bonchev–Trinajstić information content (AvgIpc) is 3.58. The first-order valence-electron chi connectivity index (χ1n) is 12.4. The van der Waals surface area contributed by atoms with E-state index in [1.165, 1.54) is 6.07 Å². The molecule has 0 radical (unpaired) electrons. The van der Waals surface area contributed by atoms with E-state index in [1.807, 2.05) is 42.5 Å². The van der Waals surface area contributed by atoms with Gasteiger partial charge in [0.1, 0.15) is 11.6 Å². The number of aromatic nitrogens is 2. The summed E-state index contributed by atoms with van der Waals surface area (Å²) in [6, 6.07) is 18.0. The molecule has 1 amide bonds. The molecule has 3 aromatic carbocycles. The third-order valence-corrected chi connectivity index (χ3v) is 7.05. The molecule has 190 valence electrons. The molecule has 2 atom stereocenters. The summed E-state index contributed by atoms with van der Waals surface area (Å²) in [5, 5.41) is 14.4. The Balaban J connectivity index is 1.15. The highest BCUT2D eigenvalue weighted by Gasteiger charge is 2.28. The maximum Gasteiger partial charge on any atom is 0.254 e. The van der Waals surface area contributed by atoms with Gasteiger partial charge in [0, 0.05) is 23.9 Å². The number of nitrogens with one attached hydrogen (secondary N) is 3. The summed E-state index contributed by atoms with van der Waals surface area (Å²) in [4.78, 5) is 13.0. The van der Waals surface area contributed by atoms with Crippen LogP contribution in [0.5, 0.6) is 17.2 Å². The van der Waals surface area contributed by atoms with Gasteiger partial charge in [-0.05, 0) is 54.8 Å². The third kappa shape index (κ3) is 4.82. The van der Waals surface area contributed by atoms with Gasteiger partial charge in [-0.15, -0.1) is 0 Å². The number of aromatic amines is 1. The van der Waals surface area contributed by atoms with Crippen LogP contribution in [0.4, 0.5) is 4.39 Å². The van der Waals surface area contributed by atoms with E-state index in [0.717, 1.165) is 41.7 Å². The molecule has 0 bridgehead atoms. The van der Waals surface area contributed by atoms with Crippen LogP contribution in [0.1, 0.15) is 34.0 Å². The van der Waals surface area contributed by atoms with Crippen molar-refractivity contribution in [1.82, 2.24) is 20.8 Å². The second kappa shape index (κ2) is 10.1. The highest BCUT2D eigenvalue weighted by molar-refractivity contribution is 5.95. The summed E-state index contributed by atoms with van der Waals surface area (Å²) in [6.45, 7) is 2.52. The van der Waals surface area contributed by atoms with Gasteiger partial charge in [-0.1, -0.05) is 24.3 Å². The molecule has 8 nitrogen and oxygen atoms in total. The number of ether oxygens (including phenoxy) is 3. The molecule has 3 N–H and O–H groups in total. The normalized spacial score (nSPS) is 18.6. The molecule has 2 aliphatic rings. The summed E-state index contributed by atoms with van der Waals surface area (Å²) in [7, 11) is 0. The van der Waals surface area contributed by atoms with Crippen LogP contribution in [0, 0.1) is 11.7 Å². The van der Waals surface area contributed by atoms with E-state index >= 15 is 0 Å². The number of fused-ring (bicyclic) bond motifs is 2. The van der Waals surface area contributed by atoms with E-state index in [1.54, 1.807) is 12.1 Å². The SMILES string of the molecule is O=C(NCc1[nH]nc2ccccc12)c1cc(C2CCNCC2COc2ccc3c(c2)OCO3)ccc1F. The number of H-pyrrole nitrogens is 1. The first-order chi connectivity index (χ1) is 18.2. The Morgan fingerprint density at radius 3 is 2.95 bits per heavy atom. The number of hydrogen-bond acceptors (Lipinski definition) is 6. The molecule has 2 aliphatic heterocycles. The Bertz CT molecular complexity index is 1440. The van der Waals surface area contributed by atoms with Gasteiger partial charge < -0.3 is 24.8 Å².